The highest BCUT2D eigenvalue weighted by molar-refractivity contribution is 5.54. The van der Waals surface area contributed by atoms with Crippen LogP contribution in [-0.4, -0.2) is 10.2 Å². The Hall–Kier alpha value is -1.22. The summed E-state index contributed by atoms with van der Waals surface area (Å²) < 4.78 is 0. The zero-order valence-electron chi connectivity index (χ0n) is 9.05. The topological polar surface area (TPSA) is 66.5 Å². The quantitative estimate of drug-likeness (QED) is 0.600. The van der Waals surface area contributed by atoms with Gasteiger partial charge in [-0.05, 0) is 38.8 Å². The Morgan fingerprint density at radius 3 is 2.07 bits per heavy atom. The Kier molecular flexibility index (Phi) is 2.46. The van der Waals surface area contributed by atoms with Gasteiger partial charge in [-0.1, -0.05) is 6.07 Å². The molecule has 1 rings (SSSR count). The van der Waals surface area contributed by atoms with Crippen LogP contribution in [0, 0.1) is 13.8 Å². The lowest BCUT2D eigenvalue weighted by Crippen LogP contribution is -2.28. The molecule has 0 aromatic heterocycles. The minimum absolute atomic E-state index is 0.0708. The second-order valence-electron chi connectivity index (χ2n) is 4.28. The van der Waals surface area contributed by atoms with Crippen LogP contribution in [0.15, 0.2) is 6.07 Å². The Balaban J connectivity index is 3.49. The van der Waals surface area contributed by atoms with Crippen molar-refractivity contribution in [3.63, 3.8) is 0 Å². The monoisotopic (exact) mass is 195 g/mol. The summed E-state index contributed by atoms with van der Waals surface area (Å²) in [6.07, 6.45) is 0. The molecule has 0 heterocycles. The summed E-state index contributed by atoms with van der Waals surface area (Å²) >= 11 is 0. The summed E-state index contributed by atoms with van der Waals surface area (Å²) in [4.78, 5) is 0. The van der Waals surface area contributed by atoms with Crippen LogP contribution >= 0.6 is 0 Å². The van der Waals surface area contributed by atoms with E-state index in [1.807, 2.05) is 13.0 Å². The van der Waals surface area contributed by atoms with E-state index in [0.717, 1.165) is 5.56 Å². The maximum absolute atomic E-state index is 9.71. The molecule has 0 saturated carbocycles. The first-order valence-corrected chi connectivity index (χ1v) is 4.56. The SMILES string of the molecule is Cc1cc(C(C)(C)N)c(O)c(O)c1C. The van der Waals surface area contributed by atoms with Gasteiger partial charge in [-0.15, -0.1) is 0 Å². The highest BCUT2D eigenvalue weighted by atomic mass is 16.3. The van der Waals surface area contributed by atoms with Gasteiger partial charge in [0.1, 0.15) is 0 Å². The van der Waals surface area contributed by atoms with Crippen molar-refractivity contribution in [1.82, 2.24) is 0 Å². The van der Waals surface area contributed by atoms with Crippen LogP contribution in [0.25, 0.3) is 0 Å². The van der Waals surface area contributed by atoms with Gasteiger partial charge in [0.15, 0.2) is 11.5 Å². The van der Waals surface area contributed by atoms with Gasteiger partial charge >= 0.3 is 0 Å². The van der Waals surface area contributed by atoms with Gasteiger partial charge in [0.25, 0.3) is 0 Å². The van der Waals surface area contributed by atoms with E-state index in [-0.39, 0.29) is 11.5 Å². The molecule has 0 fully saturated rings. The summed E-state index contributed by atoms with van der Waals surface area (Å²) in [5, 5.41) is 19.3. The van der Waals surface area contributed by atoms with Crippen molar-refractivity contribution in [3.05, 3.63) is 22.8 Å². The molecule has 1 aromatic carbocycles. The molecule has 4 N–H and O–H groups in total. The molecule has 0 radical (unpaired) electrons. The zero-order valence-corrected chi connectivity index (χ0v) is 9.05. The number of nitrogens with two attached hydrogens (primary N) is 1. The van der Waals surface area contributed by atoms with Gasteiger partial charge in [-0.2, -0.15) is 0 Å². The van der Waals surface area contributed by atoms with Crippen LogP contribution in [0.3, 0.4) is 0 Å². The van der Waals surface area contributed by atoms with E-state index in [2.05, 4.69) is 0 Å². The fourth-order valence-corrected chi connectivity index (χ4v) is 1.38. The van der Waals surface area contributed by atoms with Gasteiger partial charge in [-0.25, -0.2) is 0 Å². The average Bonchev–Trinajstić information content (AvgIpc) is 2.06. The first-order chi connectivity index (χ1) is 6.25. The third kappa shape index (κ3) is 1.68. The fraction of sp³-hybridized carbons (Fsp3) is 0.455. The van der Waals surface area contributed by atoms with E-state index in [1.165, 1.54) is 0 Å². The molecular formula is C11H17NO2. The van der Waals surface area contributed by atoms with Crippen molar-refractivity contribution in [2.45, 2.75) is 33.2 Å². The Morgan fingerprint density at radius 2 is 1.64 bits per heavy atom. The number of hydrogen-bond acceptors (Lipinski definition) is 3. The largest absolute Gasteiger partial charge is 0.504 e. The molecule has 14 heavy (non-hydrogen) atoms. The Labute approximate surface area is 84.2 Å². The Morgan fingerprint density at radius 1 is 1.14 bits per heavy atom. The summed E-state index contributed by atoms with van der Waals surface area (Å²) in [7, 11) is 0. The van der Waals surface area contributed by atoms with Crippen LogP contribution < -0.4 is 5.73 Å². The van der Waals surface area contributed by atoms with Crippen LogP contribution in [0.2, 0.25) is 0 Å². The number of aromatic hydroxyl groups is 2. The zero-order chi connectivity index (χ0) is 11.1. The number of hydrogen-bond donors (Lipinski definition) is 3. The standard InChI is InChI=1S/C11H17NO2/c1-6-5-8(11(3,4)12)10(14)9(13)7(6)2/h5,13-14H,12H2,1-4H3. The number of aryl methyl sites for hydroxylation is 1. The highest BCUT2D eigenvalue weighted by Gasteiger charge is 2.22. The minimum Gasteiger partial charge on any atom is -0.504 e. The number of rotatable bonds is 1. The van der Waals surface area contributed by atoms with Crippen molar-refractivity contribution < 1.29 is 10.2 Å². The normalized spacial score (nSPS) is 11.8. The van der Waals surface area contributed by atoms with E-state index in [1.54, 1.807) is 20.8 Å². The molecule has 3 nitrogen and oxygen atoms in total. The fourth-order valence-electron chi connectivity index (χ4n) is 1.38. The summed E-state index contributed by atoms with van der Waals surface area (Å²) in [5.41, 5.74) is 7.40. The number of phenols is 2. The molecule has 78 valence electrons. The lowest BCUT2D eigenvalue weighted by Gasteiger charge is -2.22. The first-order valence-electron chi connectivity index (χ1n) is 4.56. The van der Waals surface area contributed by atoms with Crippen molar-refractivity contribution in [2.75, 3.05) is 0 Å². The van der Waals surface area contributed by atoms with Gasteiger partial charge in [-0.3, -0.25) is 0 Å². The predicted molar refractivity (Wildman–Crippen MR) is 56.5 cm³/mol. The molecule has 0 bridgehead atoms. The van der Waals surface area contributed by atoms with E-state index < -0.39 is 5.54 Å². The summed E-state index contributed by atoms with van der Waals surface area (Å²) in [5.74, 6) is -0.181. The second-order valence-corrected chi connectivity index (χ2v) is 4.28. The second kappa shape index (κ2) is 3.17. The molecule has 0 aliphatic rings. The third-order valence-corrected chi connectivity index (χ3v) is 2.48. The van der Waals surface area contributed by atoms with Gasteiger partial charge in [0, 0.05) is 11.1 Å². The molecule has 1 aromatic rings. The van der Waals surface area contributed by atoms with E-state index in [0.29, 0.717) is 11.1 Å². The molecule has 0 saturated heterocycles. The van der Waals surface area contributed by atoms with Crippen molar-refractivity contribution >= 4 is 0 Å². The van der Waals surface area contributed by atoms with Gasteiger partial charge in [0.2, 0.25) is 0 Å². The summed E-state index contributed by atoms with van der Waals surface area (Å²) in [6, 6.07) is 1.81. The third-order valence-electron chi connectivity index (χ3n) is 2.48. The molecular weight excluding hydrogens is 178 g/mol. The molecule has 0 aliphatic heterocycles. The van der Waals surface area contributed by atoms with Gasteiger partial charge < -0.3 is 15.9 Å². The van der Waals surface area contributed by atoms with Crippen molar-refractivity contribution in [2.24, 2.45) is 5.73 Å². The van der Waals surface area contributed by atoms with E-state index >= 15 is 0 Å². The molecule has 0 atom stereocenters. The van der Waals surface area contributed by atoms with Crippen LogP contribution in [0.4, 0.5) is 0 Å². The molecule has 0 amide bonds. The summed E-state index contributed by atoms with van der Waals surface area (Å²) in [6.45, 7) is 7.22. The van der Waals surface area contributed by atoms with Crippen molar-refractivity contribution in [1.29, 1.82) is 0 Å². The average molecular weight is 195 g/mol. The van der Waals surface area contributed by atoms with E-state index in [4.69, 9.17) is 5.73 Å². The lowest BCUT2D eigenvalue weighted by molar-refractivity contribution is 0.383. The van der Waals surface area contributed by atoms with Crippen LogP contribution in [-0.2, 0) is 5.54 Å². The smallest absolute Gasteiger partial charge is 0.162 e. The molecule has 0 spiro atoms. The molecule has 3 heteroatoms. The first kappa shape index (κ1) is 10.9. The minimum atomic E-state index is -0.653. The van der Waals surface area contributed by atoms with Crippen molar-refractivity contribution in [3.8, 4) is 11.5 Å². The van der Waals surface area contributed by atoms with E-state index in [9.17, 15) is 10.2 Å². The van der Waals surface area contributed by atoms with Crippen LogP contribution in [0.5, 0.6) is 11.5 Å². The molecule has 0 unspecified atom stereocenters. The lowest BCUT2D eigenvalue weighted by atomic mass is 9.91. The maximum Gasteiger partial charge on any atom is 0.162 e. The highest BCUT2D eigenvalue weighted by Crippen LogP contribution is 2.38. The maximum atomic E-state index is 9.71. The number of phenolic OH excluding ortho intramolecular Hbond substituents is 2. The van der Waals surface area contributed by atoms with Gasteiger partial charge in [0.05, 0.1) is 0 Å². The van der Waals surface area contributed by atoms with Crippen LogP contribution in [0.1, 0.15) is 30.5 Å². The Bertz CT molecular complexity index is 365. The predicted octanol–water partition coefficient (Wildman–Crippen LogP) is 1.91. The number of benzene rings is 1. The molecule has 0 aliphatic carbocycles.